The summed E-state index contributed by atoms with van der Waals surface area (Å²) in [5.74, 6) is 1.35. The van der Waals surface area contributed by atoms with Crippen molar-refractivity contribution in [3.05, 3.63) is 94.5 Å². The normalized spacial score (nSPS) is 11.8. The standard InChI is InChI=1S/C25H24ClN3O4/c1-16-23(28-25(30)32-17(2)21-7-3-4-8-22(21)26)24(33-29-16)19-11-9-18(10-12-19)14-27-15-20-6-5-13-31-20/h3-13,17,27H,14-15H2,1-2H3,(H,28,30). The average molecular weight is 466 g/mol. The molecule has 0 saturated carbocycles. The monoisotopic (exact) mass is 465 g/mol. The number of aryl methyl sites for hydroxylation is 1. The van der Waals surface area contributed by atoms with Crippen molar-refractivity contribution in [1.82, 2.24) is 10.5 Å². The van der Waals surface area contributed by atoms with Crippen LogP contribution < -0.4 is 10.6 Å². The van der Waals surface area contributed by atoms with Gasteiger partial charge in [0.2, 0.25) is 0 Å². The number of anilines is 1. The molecule has 0 aliphatic rings. The number of nitrogens with zero attached hydrogens (tertiary/aromatic N) is 1. The molecule has 0 saturated heterocycles. The minimum absolute atomic E-state index is 0.463. The predicted molar refractivity (Wildman–Crippen MR) is 126 cm³/mol. The molecule has 2 aromatic carbocycles. The number of furan rings is 1. The van der Waals surface area contributed by atoms with Gasteiger partial charge in [0.1, 0.15) is 23.2 Å². The fourth-order valence-corrected chi connectivity index (χ4v) is 3.68. The second-order valence-electron chi connectivity index (χ2n) is 7.55. The number of carbonyl (C=O) groups excluding carboxylic acids is 1. The number of rotatable bonds is 8. The minimum atomic E-state index is -0.617. The van der Waals surface area contributed by atoms with E-state index >= 15 is 0 Å². The number of halogens is 1. The van der Waals surface area contributed by atoms with Gasteiger partial charge in [-0.05, 0) is 37.6 Å². The first kappa shape index (κ1) is 22.6. The Bertz CT molecular complexity index is 1200. The molecule has 0 aliphatic carbocycles. The van der Waals surface area contributed by atoms with Crippen LogP contribution in [0.15, 0.2) is 75.9 Å². The maximum atomic E-state index is 12.5. The van der Waals surface area contributed by atoms with Crippen molar-refractivity contribution in [2.24, 2.45) is 0 Å². The Kier molecular flexibility index (Phi) is 7.12. The van der Waals surface area contributed by atoms with Crippen LogP contribution in [0, 0.1) is 6.92 Å². The van der Waals surface area contributed by atoms with Gasteiger partial charge in [-0.25, -0.2) is 4.79 Å². The maximum absolute atomic E-state index is 12.5. The molecule has 0 bridgehead atoms. The van der Waals surface area contributed by atoms with Gasteiger partial charge in [-0.1, -0.05) is 59.2 Å². The van der Waals surface area contributed by atoms with Crippen molar-refractivity contribution >= 4 is 23.4 Å². The molecule has 7 nitrogen and oxygen atoms in total. The Hall–Kier alpha value is -3.55. The summed E-state index contributed by atoms with van der Waals surface area (Å²) in [4.78, 5) is 12.5. The molecule has 4 rings (SSSR count). The highest BCUT2D eigenvalue weighted by atomic mass is 35.5. The zero-order valence-corrected chi connectivity index (χ0v) is 19.1. The fourth-order valence-electron chi connectivity index (χ4n) is 3.39. The Balaban J connectivity index is 1.39. The van der Waals surface area contributed by atoms with Crippen LogP contribution in [0.5, 0.6) is 0 Å². The highest BCUT2D eigenvalue weighted by Crippen LogP contribution is 2.32. The molecular formula is C25H24ClN3O4. The molecule has 1 unspecified atom stereocenters. The summed E-state index contributed by atoms with van der Waals surface area (Å²) in [6.45, 7) is 4.86. The summed E-state index contributed by atoms with van der Waals surface area (Å²) in [5, 5.41) is 10.6. The van der Waals surface area contributed by atoms with Crippen molar-refractivity contribution in [2.45, 2.75) is 33.0 Å². The Morgan fingerprint density at radius 3 is 2.61 bits per heavy atom. The van der Waals surface area contributed by atoms with E-state index in [0.29, 0.717) is 35.3 Å². The van der Waals surface area contributed by atoms with Crippen LogP contribution in [0.4, 0.5) is 10.5 Å². The third-order valence-corrected chi connectivity index (χ3v) is 5.49. The predicted octanol–water partition coefficient (Wildman–Crippen LogP) is 6.50. The van der Waals surface area contributed by atoms with Crippen LogP contribution in [-0.4, -0.2) is 11.2 Å². The molecule has 1 atom stereocenters. The largest absolute Gasteiger partial charge is 0.468 e. The molecule has 0 spiro atoms. The van der Waals surface area contributed by atoms with Crippen LogP contribution in [0.25, 0.3) is 11.3 Å². The second-order valence-corrected chi connectivity index (χ2v) is 7.95. The van der Waals surface area contributed by atoms with Crippen LogP contribution in [0.2, 0.25) is 5.02 Å². The fraction of sp³-hybridized carbons (Fsp3) is 0.200. The van der Waals surface area contributed by atoms with Gasteiger partial charge >= 0.3 is 6.09 Å². The number of nitrogens with one attached hydrogen (secondary N) is 2. The van der Waals surface area contributed by atoms with E-state index in [1.807, 2.05) is 54.6 Å². The minimum Gasteiger partial charge on any atom is -0.468 e. The van der Waals surface area contributed by atoms with Gasteiger partial charge in [0, 0.05) is 22.7 Å². The smallest absolute Gasteiger partial charge is 0.412 e. The molecule has 2 heterocycles. The Labute approximate surface area is 196 Å². The van der Waals surface area contributed by atoms with Crippen molar-refractivity contribution in [3.63, 3.8) is 0 Å². The van der Waals surface area contributed by atoms with E-state index in [1.165, 1.54) is 0 Å². The Morgan fingerprint density at radius 1 is 1.09 bits per heavy atom. The molecule has 170 valence electrons. The van der Waals surface area contributed by atoms with E-state index in [9.17, 15) is 4.79 Å². The second kappa shape index (κ2) is 10.4. The molecule has 8 heteroatoms. The van der Waals surface area contributed by atoms with Gasteiger partial charge in [-0.2, -0.15) is 0 Å². The SMILES string of the molecule is Cc1noc(-c2ccc(CNCc3ccco3)cc2)c1NC(=O)OC(C)c1ccccc1Cl. The topological polar surface area (TPSA) is 89.5 Å². The molecule has 4 aromatic rings. The van der Waals surface area contributed by atoms with E-state index in [0.717, 1.165) is 22.5 Å². The van der Waals surface area contributed by atoms with E-state index in [-0.39, 0.29) is 0 Å². The lowest BCUT2D eigenvalue weighted by atomic mass is 10.1. The lowest BCUT2D eigenvalue weighted by molar-refractivity contribution is 0.121. The van der Waals surface area contributed by atoms with Crippen LogP contribution in [0.1, 0.15) is 35.6 Å². The number of ether oxygens (including phenoxy) is 1. The number of carbonyl (C=O) groups is 1. The molecule has 33 heavy (non-hydrogen) atoms. The first-order chi connectivity index (χ1) is 16.0. The van der Waals surface area contributed by atoms with Gasteiger partial charge in [0.15, 0.2) is 5.76 Å². The van der Waals surface area contributed by atoms with E-state index < -0.39 is 12.2 Å². The third-order valence-electron chi connectivity index (χ3n) is 5.14. The molecular weight excluding hydrogens is 442 g/mol. The Morgan fingerprint density at radius 2 is 1.88 bits per heavy atom. The number of hydrogen-bond acceptors (Lipinski definition) is 6. The van der Waals surface area contributed by atoms with Gasteiger partial charge < -0.3 is 19.0 Å². The highest BCUT2D eigenvalue weighted by Gasteiger charge is 2.20. The molecule has 2 N–H and O–H groups in total. The quantitative estimate of drug-likeness (QED) is 0.309. The summed E-state index contributed by atoms with van der Waals surface area (Å²) < 4.78 is 16.3. The van der Waals surface area contributed by atoms with Crippen molar-refractivity contribution in [3.8, 4) is 11.3 Å². The molecule has 0 radical (unpaired) electrons. The molecule has 2 aromatic heterocycles. The first-order valence-electron chi connectivity index (χ1n) is 10.5. The van der Waals surface area contributed by atoms with Crippen LogP contribution in [-0.2, 0) is 17.8 Å². The van der Waals surface area contributed by atoms with E-state index in [4.69, 9.17) is 25.3 Å². The van der Waals surface area contributed by atoms with Crippen molar-refractivity contribution < 1.29 is 18.5 Å². The van der Waals surface area contributed by atoms with Crippen molar-refractivity contribution in [1.29, 1.82) is 0 Å². The third kappa shape index (κ3) is 5.63. The van der Waals surface area contributed by atoms with Gasteiger partial charge in [0.05, 0.1) is 12.8 Å². The van der Waals surface area contributed by atoms with Crippen LogP contribution >= 0.6 is 11.6 Å². The summed E-state index contributed by atoms with van der Waals surface area (Å²) in [7, 11) is 0. The summed E-state index contributed by atoms with van der Waals surface area (Å²) in [5.41, 5.74) is 3.64. The number of benzene rings is 2. The average Bonchev–Trinajstić information content (AvgIpc) is 3.45. The van der Waals surface area contributed by atoms with E-state index in [1.54, 1.807) is 26.2 Å². The lowest BCUT2D eigenvalue weighted by Crippen LogP contribution is -2.17. The summed E-state index contributed by atoms with van der Waals surface area (Å²) >= 11 is 6.20. The molecule has 0 aliphatic heterocycles. The number of hydrogen-bond donors (Lipinski definition) is 2. The van der Waals surface area contributed by atoms with Gasteiger partial charge in [0.25, 0.3) is 0 Å². The van der Waals surface area contributed by atoms with E-state index in [2.05, 4.69) is 15.8 Å². The zero-order valence-electron chi connectivity index (χ0n) is 18.3. The number of amides is 1. The lowest BCUT2D eigenvalue weighted by Gasteiger charge is -2.15. The maximum Gasteiger partial charge on any atom is 0.412 e. The molecule has 0 fully saturated rings. The van der Waals surface area contributed by atoms with Crippen LogP contribution in [0.3, 0.4) is 0 Å². The highest BCUT2D eigenvalue weighted by molar-refractivity contribution is 6.31. The first-order valence-corrected chi connectivity index (χ1v) is 10.9. The van der Waals surface area contributed by atoms with Crippen molar-refractivity contribution in [2.75, 3.05) is 5.32 Å². The van der Waals surface area contributed by atoms with Gasteiger partial charge in [-0.3, -0.25) is 5.32 Å². The summed E-state index contributed by atoms with van der Waals surface area (Å²) in [6.07, 6.45) is 0.522. The van der Waals surface area contributed by atoms with Gasteiger partial charge in [-0.15, -0.1) is 0 Å². The summed E-state index contributed by atoms with van der Waals surface area (Å²) in [6, 6.07) is 18.9. The zero-order chi connectivity index (χ0) is 23.2. The molecule has 1 amide bonds. The number of aromatic nitrogens is 1.